The maximum atomic E-state index is 12.7. The lowest BCUT2D eigenvalue weighted by Gasteiger charge is -2.10. The van der Waals surface area contributed by atoms with Crippen LogP contribution in [0.1, 0.15) is 27.4 Å². The molecule has 5 nitrogen and oxygen atoms in total. The van der Waals surface area contributed by atoms with Gasteiger partial charge in [0.25, 0.3) is 5.91 Å². The molecule has 0 saturated carbocycles. The van der Waals surface area contributed by atoms with Gasteiger partial charge in [-0.25, -0.2) is 0 Å². The molecule has 0 aliphatic rings. The summed E-state index contributed by atoms with van der Waals surface area (Å²) in [6.45, 7) is 5.48. The average molecular weight is 399 g/mol. The van der Waals surface area contributed by atoms with E-state index in [1.54, 1.807) is 6.20 Å². The lowest BCUT2D eigenvalue weighted by Crippen LogP contribution is -2.28. The van der Waals surface area contributed by atoms with E-state index < -0.39 is 0 Å². The molecule has 1 amide bonds. The Morgan fingerprint density at radius 1 is 1.00 bits per heavy atom. The Kier molecular flexibility index (Phi) is 5.80. The van der Waals surface area contributed by atoms with Crippen LogP contribution >= 0.6 is 0 Å². The van der Waals surface area contributed by atoms with Crippen LogP contribution in [0.25, 0.3) is 10.8 Å². The molecule has 0 bridgehead atoms. The van der Waals surface area contributed by atoms with Gasteiger partial charge in [-0.3, -0.25) is 9.78 Å². The molecule has 0 aliphatic carbocycles. The first-order valence-electron chi connectivity index (χ1n) is 10.1. The van der Waals surface area contributed by atoms with E-state index >= 15 is 0 Å². The predicted octanol–water partition coefficient (Wildman–Crippen LogP) is 4.51. The normalized spacial score (nSPS) is 10.9. The van der Waals surface area contributed by atoms with Crippen molar-refractivity contribution in [3.05, 3.63) is 95.6 Å². The molecule has 0 spiro atoms. The lowest BCUT2D eigenvalue weighted by atomic mass is 10.1. The summed E-state index contributed by atoms with van der Waals surface area (Å²) in [5.41, 5.74) is 3.63. The average Bonchev–Trinajstić information content (AvgIpc) is 3.05. The second-order valence-electron chi connectivity index (χ2n) is 7.31. The van der Waals surface area contributed by atoms with E-state index in [2.05, 4.69) is 27.0 Å². The van der Waals surface area contributed by atoms with Gasteiger partial charge in [-0.05, 0) is 55.0 Å². The Balaban J connectivity index is 1.34. The number of aromatic nitrogens is 2. The summed E-state index contributed by atoms with van der Waals surface area (Å²) in [5, 5.41) is 5.28. The third kappa shape index (κ3) is 4.35. The van der Waals surface area contributed by atoms with Gasteiger partial charge >= 0.3 is 0 Å². The highest BCUT2D eigenvalue weighted by molar-refractivity contribution is 5.95. The first-order valence-corrected chi connectivity index (χ1v) is 10.1. The maximum Gasteiger partial charge on any atom is 0.253 e. The Labute approximate surface area is 176 Å². The summed E-state index contributed by atoms with van der Waals surface area (Å²) in [5.74, 6) is 0.717. The topological polar surface area (TPSA) is 56.1 Å². The van der Waals surface area contributed by atoms with Crippen molar-refractivity contribution in [1.82, 2.24) is 14.9 Å². The highest BCUT2D eigenvalue weighted by atomic mass is 16.5. The number of pyridine rings is 1. The molecule has 0 saturated heterocycles. The van der Waals surface area contributed by atoms with Crippen LogP contribution in [0.3, 0.4) is 0 Å². The summed E-state index contributed by atoms with van der Waals surface area (Å²) in [4.78, 5) is 17.1. The largest absolute Gasteiger partial charge is 0.492 e. The molecular formula is C25H25N3O2. The molecule has 1 N–H and O–H groups in total. The first kappa shape index (κ1) is 19.7. The fourth-order valence-corrected chi connectivity index (χ4v) is 3.61. The number of nitrogens with one attached hydrogen (secondary N) is 1. The third-order valence-corrected chi connectivity index (χ3v) is 5.24. The van der Waals surface area contributed by atoms with Gasteiger partial charge < -0.3 is 14.6 Å². The quantitative estimate of drug-likeness (QED) is 0.465. The zero-order chi connectivity index (χ0) is 20.9. The number of carbonyl (C=O) groups is 1. The van der Waals surface area contributed by atoms with Crippen LogP contribution in [0.2, 0.25) is 0 Å². The van der Waals surface area contributed by atoms with Crippen LogP contribution in [-0.2, 0) is 6.54 Å². The van der Waals surface area contributed by atoms with E-state index in [0.717, 1.165) is 28.2 Å². The van der Waals surface area contributed by atoms with Crippen LogP contribution in [0.4, 0.5) is 0 Å². The van der Waals surface area contributed by atoms with Gasteiger partial charge in [0.15, 0.2) is 0 Å². The molecule has 2 aromatic carbocycles. The summed E-state index contributed by atoms with van der Waals surface area (Å²) >= 11 is 0. The molecule has 0 atom stereocenters. The summed E-state index contributed by atoms with van der Waals surface area (Å²) < 4.78 is 7.92. The van der Waals surface area contributed by atoms with Gasteiger partial charge in [-0.1, -0.05) is 36.4 Å². The molecule has 4 aromatic rings. The smallest absolute Gasteiger partial charge is 0.253 e. The zero-order valence-corrected chi connectivity index (χ0v) is 17.3. The van der Waals surface area contributed by atoms with Crippen molar-refractivity contribution in [2.24, 2.45) is 0 Å². The predicted molar refractivity (Wildman–Crippen MR) is 119 cm³/mol. The van der Waals surface area contributed by atoms with Gasteiger partial charge in [0, 0.05) is 17.6 Å². The van der Waals surface area contributed by atoms with E-state index in [1.165, 1.54) is 5.39 Å². The maximum absolute atomic E-state index is 12.7. The minimum Gasteiger partial charge on any atom is -0.492 e. The van der Waals surface area contributed by atoms with Crippen molar-refractivity contribution in [2.45, 2.75) is 20.4 Å². The van der Waals surface area contributed by atoms with E-state index in [4.69, 9.17) is 4.74 Å². The van der Waals surface area contributed by atoms with Crippen molar-refractivity contribution in [1.29, 1.82) is 0 Å². The van der Waals surface area contributed by atoms with E-state index in [1.807, 2.05) is 68.4 Å². The molecular weight excluding hydrogens is 374 g/mol. The van der Waals surface area contributed by atoms with Crippen LogP contribution in [0, 0.1) is 13.8 Å². The fourth-order valence-electron chi connectivity index (χ4n) is 3.61. The number of fused-ring (bicyclic) bond motifs is 1. The van der Waals surface area contributed by atoms with Crippen LogP contribution in [0.5, 0.6) is 5.75 Å². The van der Waals surface area contributed by atoms with Crippen molar-refractivity contribution in [3.8, 4) is 5.75 Å². The Morgan fingerprint density at radius 2 is 1.80 bits per heavy atom. The standard InChI is InChI=1S/C25H25N3O2/c1-18-15-24(19(2)28(18)17-22-9-5-6-12-26-22)25(29)27-13-14-30-23-11-10-20-7-3-4-8-21(20)16-23/h3-12,15-16H,13-14,17H2,1-2H3,(H,27,29). The van der Waals surface area contributed by atoms with Crippen molar-refractivity contribution in [2.75, 3.05) is 13.2 Å². The second-order valence-corrected chi connectivity index (χ2v) is 7.31. The molecule has 0 unspecified atom stereocenters. The van der Waals surface area contributed by atoms with E-state index in [-0.39, 0.29) is 5.91 Å². The van der Waals surface area contributed by atoms with Gasteiger partial charge in [0.2, 0.25) is 0 Å². The first-order chi connectivity index (χ1) is 14.6. The molecule has 0 fully saturated rings. The molecule has 0 aliphatic heterocycles. The number of carbonyl (C=O) groups excluding carboxylic acids is 1. The molecule has 2 aromatic heterocycles. The molecule has 30 heavy (non-hydrogen) atoms. The number of amides is 1. The summed E-state index contributed by atoms with van der Waals surface area (Å²) in [6.07, 6.45) is 1.78. The Morgan fingerprint density at radius 3 is 2.60 bits per heavy atom. The fraction of sp³-hybridized carbons (Fsp3) is 0.200. The summed E-state index contributed by atoms with van der Waals surface area (Å²) in [7, 11) is 0. The minimum atomic E-state index is -0.0857. The highest BCUT2D eigenvalue weighted by Crippen LogP contribution is 2.20. The van der Waals surface area contributed by atoms with Gasteiger partial charge in [-0.2, -0.15) is 0 Å². The number of nitrogens with zero attached hydrogens (tertiary/aromatic N) is 2. The number of aryl methyl sites for hydroxylation is 1. The van der Waals surface area contributed by atoms with Gasteiger partial charge in [0.1, 0.15) is 12.4 Å². The molecule has 2 heterocycles. The van der Waals surface area contributed by atoms with Crippen LogP contribution in [0.15, 0.2) is 72.9 Å². The SMILES string of the molecule is Cc1cc(C(=O)NCCOc2ccc3ccccc3c2)c(C)n1Cc1ccccn1. The highest BCUT2D eigenvalue weighted by Gasteiger charge is 2.15. The van der Waals surface area contributed by atoms with Crippen molar-refractivity contribution >= 4 is 16.7 Å². The third-order valence-electron chi connectivity index (χ3n) is 5.24. The Hall–Kier alpha value is -3.60. The molecule has 152 valence electrons. The molecule has 0 radical (unpaired) electrons. The van der Waals surface area contributed by atoms with E-state index in [0.29, 0.717) is 25.3 Å². The van der Waals surface area contributed by atoms with Crippen LogP contribution < -0.4 is 10.1 Å². The Bertz CT molecular complexity index is 1170. The summed E-state index contributed by atoms with van der Waals surface area (Å²) in [6, 6.07) is 22.0. The van der Waals surface area contributed by atoms with Crippen molar-refractivity contribution in [3.63, 3.8) is 0 Å². The minimum absolute atomic E-state index is 0.0857. The van der Waals surface area contributed by atoms with Crippen LogP contribution in [-0.4, -0.2) is 28.6 Å². The van der Waals surface area contributed by atoms with Gasteiger partial charge in [-0.15, -0.1) is 0 Å². The molecule has 5 heteroatoms. The zero-order valence-electron chi connectivity index (χ0n) is 17.3. The molecule has 4 rings (SSSR count). The number of rotatable bonds is 7. The van der Waals surface area contributed by atoms with Gasteiger partial charge in [0.05, 0.1) is 24.3 Å². The van der Waals surface area contributed by atoms with E-state index in [9.17, 15) is 4.79 Å². The lowest BCUT2D eigenvalue weighted by molar-refractivity contribution is 0.0946. The second kappa shape index (κ2) is 8.82. The number of hydrogen-bond acceptors (Lipinski definition) is 3. The van der Waals surface area contributed by atoms with Crippen molar-refractivity contribution < 1.29 is 9.53 Å². The monoisotopic (exact) mass is 399 g/mol. The number of benzene rings is 2. The number of hydrogen-bond donors (Lipinski definition) is 1. The number of ether oxygens (including phenoxy) is 1.